The second-order valence-electron chi connectivity index (χ2n) is 14.4. The highest BCUT2D eigenvalue weighted by Gasteiger charge is 2.37. The molecule has 0 spiro atoms. The number of fused-ring (bicyclic) bond motifs is 8. The molecule has 4 heterocycles. The first-order valence-electron chi connectivity index (χ1n) is 16.6. The number of aromatic amines is 1. The van der Waals surface area contributed by atoms with Gasteiger partial charge in [0.15, 0.2) is 33.1 Å². The number of hydrogen-bond acceptors (Lipinski definition) is 9. The molecule has 4 bridgehead atoms. The number of nitrogens with zero attached hydrogens (tertiary/aromatic N) is 4. The van der Waals surface area contributed by atoms with Gasteiger partial charge in [-0.25, -0.2) is 35.3 Å². The third-order valence-corrected chi connectivity index (χ3v) is 13.7. The Kier molecular flexibility index (Phi) is 9.72. The van der Waals surface area contributed by atoms with Crippen molar-refractivity contribution < 1.29 is 35.8 Å². The summed E-state index contributed by atoms with van der Waals surface area (Å²) in [5.74, 6) is -3.04. The number of nitrogens with one attached hydrogen (secondary N) is 1. The van der Waals surface area contributed by atoms with E-state index in [1.807, 2.05) is 45.0 Å². The lowest BCUT2D eigenvalue weighted by molar-refractivity contribution is 0.0955. The third-order valence-electron chi connectivity index (χ3n) is 9.80. The van der Waals surface area contributed by atoms with Crippen LogP contribution in [0.5, 0.6) is 0 Å². The van der Waals surface area contributed by atoms with Crippen LogP contribution in [0.2, 0.25) is 0 Å². The van der Waals surface area contributed by atoms with Crippen LogP contribution >= 0.6 is 0 Å². The van der Waals surface area contributed by atoms with Crippen molar-refractivity contribution in [3.05, 3.63) is 89.0 Å². The van der Waals surface area contributed by atoms with Crippen molar-refractivity contribution in [3.63, 3.8) is 0 Å². The number of aromatic nitrogens is 5. The lowest BCUT2D eigenvalue weighted by Crippen LogP contribution is -2.29. The van der Waals surface area contributed by atoms with E-state index in [0.29, 0.717) is 25.1 Å². The number of H-pyrrole nitrogens is 1. The molecule has 0 unspecified atom stereocenters. The summed E-state index contributed by atoms with van der Waals surface area (Å²) in [6.45, 7) is 5.28. The maximum absolute atomic E-state index is 15.9. The highest BCUT2D eigenvalue weighted by molar-refractivity contribution is 7.92. The van der Waals surface area contributed by atoms with Gasteiger partial charge in [-0.2, -0.15) is 5.10 Å². The van der Waals surface area contributed by atoms with Crippen LogP contribution < -0.4 is 0 Å². The molecule has 0 saturated carbocycles. The van der Waals surface area contributed by atoms with Crippen molar-refractivity contribution >= 4 is 30.6 Å². The molecule has 11 nitrogen and oxygen atoms in total. The number of aryl methyl sites for hydroxylation is 2. The van der Waals surface area contributed by atoms with E-state index in [2.05, 4.69) is 9.97 Å². The number of benzene rings is 2. The molecule has 1 aliphatic heterocycles. The molecule has 0 radical (unpaired) electrons. The van der Waals surface area contributed by atoms with E-state index in [9.17, 15) is 27.0 Å². The van der Waals surface area contributed by atoms with Crippen LogP contribution in [-0.2, 0) is 45.0 Å². The summed E-state index contributed by atoms with van der Waals surface area (Å²) in [6.07, 6.45) is 3.10. The molecule has 0 amide bonds. The molecule has 6 rings (SSSR count). The van der Waals surface area contributed by atoms with Gasteiger partial charge < -0.3 is 15.2 Å². The van der Waals surface area contributed by atoms with Gasteiger partial charge in [-0.1, -0.05) is 44.5 Å². The summed E-state index contributed by atoms with van der Waals surface area (Å²) in [4.78, 5) is 10.6. The molecule has 272 valence electrons. The normalized spacial score (nSPS) is 21.0. The molecular formula is C36H41F2N5O6S2. The number of hydrogen-bond donors (Lipinski definition) is 3. The number of rotatable bonds is 4. The minimum absolute atomic E-state index is 0.0813. The summed E-state index contributed by atoms with van der Waals surface area (Å²) in [5, 5.41) is 24.4. The Labute approximate surface area is 295 Å². The summed E-state index contributed by atoms with van der Waals surface area (Å²) in [5.41, 5.74) is -0.169. The van der Waals surface area contributed by atoms with Crippen LogP contribution in [0.25, 0.3) is 22.4 Å². The van der Waals surface area contributed by atoms with Crippen molar-refractivity contribution in [2.24, 2.45) is 12.5 Å². The minimum Gasteiger partial charge on any atom is -0.394 e. The zero-order valence-electron chi connectivity index (χ0n) is 28.8. The number of sulfone groups is 2. The first-order chi connectivity index (χ1) is 24.0. The molecule has 3 aromatic heterocycles. The third kappa shape index (κ3) is 7.08. The molecule has 0 fully saturated rings. The lowest BCUT2D eigenvalue weighted by Gasteiger charge is -2.31. The number of aliphatic hydroxyl groups is 2. The Morgan fingerprint density at radius 3 is 2.55 bits per heavy atom. The van der Waals surface area contributed by atoms with Gasteiger partial charge in [-0.3, -0.25) is 4.98 Å². The average Bonchev–Trinajstić information content (AvgIpc) is 3.72. The number of pyridine rings is 1. The molecule has 15 heteroatoms. The predicted octanol–water partition coefficient (Wildman–Crippen LogP) is 4.84. The summed E-state index contributed by atoms with van der Waals surface area (Å²) >= 11 is 0. The Bertz CT molecular complexity index is 2340. The maximum atomic E-state index is 15.9. The van der Waals surface area contributed by atoms with Crippen molar-refractivity contribution in [3.8, 4) is 11.5 Å². The topological polar surface area (TPSA) is 168 Å². The monoisotopic (exact) mass is 741 g/mol. The zero-order chi connectivity index (χ0) is 36.9. The average molecular weight is 742 g/mol. The molecule has 5 aromatic rings. The fraction of sp³-hybridized carbons (Fsp3) is 0.417. The molecule has 0 aliphatic carbocycles. The molecule has 1 aliphatic rings. The quantitative estimate of drug-likeness (QED) is 0.234. The Morgan fingerprint density at radius 2 is 1.80 bits per heavy atom. The van der Waals surface area contributed by atoms with E-state index in [1.165, 1.54) is 35.3 Å². The molecule has 3 N–H and O–H groups in total. The summed E-state index contributed by atoms with van der Waals surface area (Å²) in [6, 6.07) is 11.4. The summed E-state index contributed by atoms with van der Waals surface area (Å²) in [7, 11) is -6.95. The standard InChI is InChI=1S/C36H41F2N5O6S2/c1-35(2)12-6-13-36(3,23-8-5-7-22(17-23)18-24(45)20-44)34-41-33(43(4)42-34)28-19-25(9-14-39-28)51(48,49)32-27(11-16-50(46,47)21-35)26-10-15-40-31(26)29(37)30(32)38/h5,7-10,14-15,17,19,24,40,44-45H,6,11-13,16,18,20-21H2,1-4H3/t24-,36+/m0/s1. The molecule has 2 atom stereocenters. The largest absolute Gasteiger partial charge is 0.394 e. The second-order valence-corrected chi connectivity index (χ2v) is 18.5. The van der Waals surface area contributed by atoms with Gasteiger partial charge in [0.25, 0.3) is 0 Å². The Hall–Kier alpha value is -4.05. The minimum atomic E-state index is -4.77. The first-order valence-corrected chi connectivity index (χ1v) is 19.9. The van der Waals surface area contributed by atoms with Crippen LogP contribution in [0.3, 0.4) is 0 Å². The highest BCUT2D eigenvalue weighted by atomic mass is 32.2. The fourth-order valence-corrected chi connectivity index (χ4v) is 10.7. The van der Waals surface area contributed by atoms with E-state index in [-0.39, 0.29) is 51.5 Å². The van der Waals surface area contributed by atoms with E-state index in [1.54, 1.807) is 7.05 Å². The van der Waals surface area contributed by atoms with Gasteiger partial charge in [0.1, 0.15) is 10.6 Å². The van der Waals surface area contributed by atoms with Crippen molar-refractivity contribution in [1.82, 2.24) is 24.7 Å². The summed E-state index contributed by atoms with van der Waals surface area (Å²) < 4.78 is 88.6. The van der Waals surface area contributed by atoms with Crippen molar-refractivity contribution in [2.75, 3.05) is 18.1 Å². The van der Waals surface area contributed by atoms with Crippen LogP contribution in [-0.4, -0.2) is 76.0 Å². The van der Waals surface area contributed by atoms with Crippen LogP contribution in [0.1, 0.15) is 62.5 Å². The number of aliphatic hydroxyl groups excluding tert-OH is 2. The fourth-order valence-electron chi connectivity index (χ4n) is 7.14. The highest BCUT2D eigenvalue weighted by Crippen LogP contribution is 2.40. The molecule has 2 aromatic carbocycles. The van der Waals surface area contributed by atoms with E-state index in [4.69, 9.17) is 10.1 Å². The van der Waals surface area contributed by atoms with Crippen LogP contribution in [0.15, 0.2) is 64.6 Å². The van der Waals surface area contributed by atoms with Crippen molar-refractivity contribution in [1.29, 1.82) is 0 Å². The Balaban J connectivity index is 1.56. The zero-order valence-corrected chi connectivity index (χ0v) is 30.5. The first kappa shape index (κ1) is 36.7. The second kappa shape index (κ2) is 13.5. The number of halogens is 2. The van der Waals surface area contributed by atoms with E-state index < -0.39 is 65.5 Å². The van der Waals surface area contributed by atoms with Gasteiger partial charge in [-0.15, -0.1) is 0 Å². The smallest absolute Gasteiger partial charge is 0.210 e. The molecular weight excluding hydrogens is 701 g/mol. The predicted molar refractivity (Wildman–Crippen MR) is 188 cm³/mol. The van der Waals surface area contributed by atoms with Crippen molar-refractivity contribution in [2.45, 2.75) is 74.2 Å². The van der Waals surface area contributed by atoms with Gasteiger partial charge in [0, 0.05) is 31.2 Å². The van der Waals surface area contributed by atoms with E-state index in [0.717, 1.165) is 11.1 Å². The van der Waals surface area contributed by atoms with Gasteiger partial charge >= 0.3 is 0 Å². The van der Waals surface area contributed by atoms with Gasteiger partial charge in [0.05, 0.1) is 40.0 Å². The van der Waals surface area contributed by atoms with Crippen LogP contribution in [0.4, 0.5) is 8.78 Å². The van der Waals surface area contributed by atoms with Gasteiger partial charge in [-0.05, 0) is 66.5 Å². The Morgan fingerprint density at radius 1 is 1.04 bits per heavy atom. The van der Waals surface area contributed by atoms with E-state index >= 15 is 8.78 Å². The lowest BCUT2D eigenvalue weighted by atomic mass is 9.75. The molecule has 0 saturated heterocycles. The maximum Gasteiger partial charge on any atom is 0.210 e. The SMILES string of the molecule is Cn1nc2nc1-c1cc(ccn1)S(=O)(=O)c1c(F)c(F)c3[nH]ccc3c1CCS(=O)(=O)CC(C)(C)CCC[C@]2(C)c1cccc(C[C@H](O)CO)c1. The van der Waals surface area contributed by atoms with Gasteiger partial charge in [0.2, 0.25) is 9.84 Å². The molecule has 51 heavy (non-hydrogen) atoms. The van der Waals surface area contributed by atoms with Crippen LogP contribution in [0, 0.1) is 17.0 Å².